The zero-order chi connectivity index (χ0) is 16.7. The third-order valence-corrected chi connectivity index (χ3v) is 5.64. The summed E-state index contributed by atoms with van der Waals surface area (Å²) in [6.07, 6.45) is 4.97. The Kier molecular flexibility index (Phi) is 7.83. The molecule has 1 aliphatic carbocycles. The minimum atomic E-state index is 0.469. The van der Waals surface area contributed by atoms with Gasteiger partial charge in [0, 0.05) is 12.6 Å². The zero-order valence-corrected chi connectivity index (χ0v) is 16.8. The Labute approximate surface area is 159 Å². The maximum atomic E-state index is 5.53. The average Bonchev–Trinajstić information content (AvgIpc) is 2.55. The summed E-state index contributed by atoms with van der Waals surface area (Å²) in [4.78, 5) is 0. The summed E-state index contributed by atoms with van der Waals surface area (Å²) in [6, 6.07) is 10.9. The van der Waals surface area contributed by atoms with Crippen molar-refractivity contribution in [3.05, 3.63) is 48.0 Å². The first-order valence-corrected chi connectivity index (χ1v) is 10.3. The molecule has 2 N–H and O–H groups in total. The van der Waals surface area contributed by atoms with Crippen LogP contribution in [-0.2, 0) is 6.54 Å². The number of halogens is 1. The Hall–Kier alpha value is -0.620. The molecule has 0 heterocycles. The maximum Gasteiger partial charge on any atom is 0.166 e. The average molecular weight is 442 g/mol. The lowest BCUT2D eigenvalue weighted by molar-refractivity contribution is 0.215. The van der Waals surface area contributed by atoms with E-state index in [4.69, 9.17) is 12.2 Å². The SMILES string of the molecule is C=C(C)C1CCCC(NC(=S)NCc2ccccc2)C1CCI. The second kappa shape index (κ2) is 9.62. The second-order valence-corrected chi connectivity index (χ2v) is 7.93. The zero-order valence-electron chi connectivity index (χ0n) is 13.9. The maximum absolute atomic E-state index is 5.53. The summed E-state index contributed by atoms with van der Waals surface area (Å²) in [5, 5.41) is 7.71. The van der Waals surface area contributed by atoms with Gasteiger partial charge in [-0.2, -0.15) is 0 Å². The molecule has 1 saturated carbocycles. The first-order valence-electron chi connectivity index (χ1n) is 8.41. The van der Waals surface area contributed by atoms with Crippen molar-refractivity contribution in [2.75, 3.05) is 4.43 Å². The number of allylic oxidation sites excluding steroid dienone is 1. The molecule has 23 heavy (non-hydrogen) atoms. The van der Waals surface area contributed by atoms with E-state index in [-0.39, 0.29) is 0 Å². The lowest BCUT2D eigenvalue weighted by Crippen LogP contribution is -2.49. The van der Waals surface area contributed by atoms with Gasteiger partial charge in [0.1, 0.15) is 0 Å². The molecular formula is C19H27IN2S. The van der Waals surface area contributed by atoms with Gasteiger partial charge in [-0.3, -0.25) is 0 Å². The van der Waals surface area contributed by atoms with E-state index in [1.165, 1.54) is 41.2 Å². The lowest BCUT2D eigenvalue weighted by Gasteiger charge is -2.39. The van der Waals surface area contributed by atoms with Crippen LogP contribution in [0.1, 0.15) is 38.2 Å². The summed E-state index contributed by atoms with van der Waals surface area (Å²) in [5.74, 6) is 1.28. The molecule has 126 valence electrons. The van der Waals surface area contributed by atoms with Gasteiger partial charge in [0.2, 0.25) is 0 Å². The minimum Gasteiger partial charge on any atom is -0.360 e. The molecule has 0 amide bonds. The molecule has 0 aromatic heterocycles. The third kappa shape index (κ3) is 5.75. The van der Waals surface area contributed by atoms with Gasteiger partial charge in [-0.25, -0.2) is 0 Å². The molecule has 1 aromatic rings. The highest BCUT2D eigenvalue weighted by Gasteiger charge is 2.33. The summed E-state index contributed by atoms with van der Waals surface area (Å²) in [7, 11) is 0. The fourth-order valence-electron chi connectivity index (χ4n) is 3.58. The molecule has 4 heteroatoms. The number of rotatable bonds is 6. The van der Waals surface area contributed by atoms with Crippen molar-refractivity contribution in [3.63, 3.8) is 0 Å². The van der Waals surface area contributed by atoms with Crippen LogP contribution < -0.4 is 10.6 Å². The number of hydrogen-bond acceptors (Lipinski definition) is 1. The molecule has 2 rings (SSSR count). The van der Waals surface area contributed by atoms with E-state index in [9.17, 15) is 0 Å². The molecule has 0 radical (unpaired) electrons. The van der Waals surface area contributed by atoms with Gasteiger partial charge in [-0.15, -0.1) is 0 Å². The van der Waals surface area contributed by atoms with Gasteiger partial charge in [0.25, 0.3) is 0 Å². The monoisotopic (exact) mass is 442 g/mol. The van der Waals surface area contributed by atoms with Gasteiger partial charge < -0.3 is 10.6 Å². The molecule has 1 fully saturated rings. The van der Waals surface area contributed by atoms with E-state index in [0.29, 0.717) is 17.9 Å². The molecule has 3 unspecified atom stereocenters. The predicted octanol–water partition coefficient (Wildman–Crippen LogP) is 4.84. The molecule has 2 nitrogen and oxygen atoms in total. The van der Waals surface area contributed by atoms with Crippen LogP contribution in [0.4, 0.5) is 0 Å². The first-order chi connectivity index (χ1) is 11.1. The van der Waals surface area contributed by atoms with E-state index in [1.54, 1.807) is 0 Å². The molecule has 0 aliphatic heterocycles. The largest absolute Gasteiger partial charge is 0.360 e. The molecule has 1 aromatic carbocycles. The highest BCUT2D eigenvalue weighted by Crippen LogP contribution is 2.37. The van der Waals surface area contributed by atoms with E-state index >= 15 is 0 Å². The second-order valence-electron chi connectivity index (χ2n) is 6.44. The van der Waals surface area contributed by atoms with E-state index in [2.05, 4.69) is 71.0 Å². The summed E-state index contributed by atoms with van der Waals surface area (Å²) >= 11 is 8.01. The highest BCUT2D eigenvalue weighted by molar-refractivity contribution is 14.1. The van der Waals surface area contributed by atoms with Crippen molar-refractivity contribution >= 4 is 39.9 Å². The van der Waals surface area contributed by atoms with Gasteiger partial charge in [0.15, 0.2) is 5.11 Å². The van der Waals surface area contributed by atoms with E-state index < -0.39 is 0 Å². The van der Waals surface area contributed by atoms with Gasteiger partial charge in [-0.1, -0.05) is 71.5 Å². The standard InChI is InChI=1S/C19H27IN2S/c1-14(2)16-9-6-10-18(17(16)11-12-20)22-19(23)21-13-15-7-4-3-5-8-15/h3-5,7-8,16-18H,1,6,9-13H2,2H3,(H2,21,22,23). The number of hydrogen-bond donors (Lipinski definition) is 2. The van der Waals surface area contributed by atoms with Crippen LogP contribution in [0.15, 0.2) is 42.5 Å². The van der Waals surface area contributed by atoms with E-state index in [1.807, 2.05) is 6.07 Å². The molecule has 0 spiro atoms. The molecule has 3 atom stereocenters. The number of alkyl halides is 1. The molecule has 0 bridgehead atoms. The smallest absolute Gasteiger partial charge is 0.166 e. The van der Waals surface area contributed by atoms with Crippen LogP contribution in [0.5, 0.6) is 0 Å². The Bertz CT molecular complexity index is 517. The number of thiocarbonyl (C=S) groups is 1. The highest BCUT2D eigenvalue weighted by atomic mass is 127. The Balaban J connectivity index is 1.90. The van der Waals surface area contributed by atoms with Crippen LogP contribution in [-0.4, -0.2) is 15.6 Å². The predicted molar refractivity (Wildman–Crippen MR) is 112 cm³/mol. The van der Waals surface area contributed by atoms with Crippen molar-refractivity contribution in [1.29, 1.82) is 0 Å². The third-order valence-electron chi connectivity index (χ3n) is 4.75. The normalized spacial score (nSPS) is 24.0. The Morgan fingerprint density at radius 3 is 2.70 bits per heavy atom. The van der Waals surface area contributed by atoms with Crippen LogP contribution >= 0.6 is 34.8 Å². The van der Waals surface area contributed by atoms with Crippen molar-refractivity contribution in [2.24, 2.45) is 11.8 Å². The van der Waals surface area contributed by atoms with E-state index in [0.717, 1.165) is 11.7 Å². The summed E-state index contributed by atoms with van der Waals surface area (Å²) in [5.41, 5.74) is 2.58. The Morgan fingerprint density at radius 2 is 2.04 bits per heavy atom. The molecular weight excluding hydrogens is 415 g/mol. The van der Waals surface area contributed by atoms with Gasteiger partial charge >= 0.3 is 0 Å². The topological polar surface area (TPSA) is 24.1 Å². The van der Waals surface area contributed by atoms with Gasteiger partial charge in [-0.05, 0) is 60.2 Å². The lowest BCUT2D eigenvalue weighted by atomic mass is 9.72. The van der Waals surface area contributed by atoms with Crippen LogP contribution in [0.2, 0.25) is 0 Å². The quantitative estimate of drug-likeness (QED) is 0.286. The Morgan fingerprint density at radius 1 is 1.30 bits per heavy atom. The minimum absolute atomic E-state index is 0.469. The first kappa shape index (κ1) is 18.7. The van der Waals surface area contributed by atoms with Crippen molar-refractivity contribution in [1.82, 2.24) is 10.6 Å². The van der Waals surface area contributed by atoms with Crippen molar-refractivity contribution in [2.45, 2.75) is 45.2 Å². The molecule has 1 aliphatic rings. The fourth-order valence-corrected chi connectivity index (χ4v) is 4.53. The van der Waals surface area contributed by atoms with Crippen molar-refractivity contribution < 1.29 is 0 Å². The fraction of sp³-hybridized carbons (Fsp3) is 0.526. The molecule has 0 saturated heterocycles. The van der Waals surface area contributed by atoms with Gasteiger partial charge in [0.05, 0.1) is 0 Å². The van der Waals surface area contributed by atoms with Crippen LogP contribution in [0.25, 0.3) is 0 Å². The van der Waals surface area contributed by atoms with Crippen LogP contribution in [0.3, 0.4) is 0 Å². The summed E-state index contributed by atoms with van der Waals surface area (Å²) < 4.78 is 1.19. The number of nitrogens with one attached hydrogen (secondary N) is 2. The van der Waals surface area contributed by atoms with Crippen molar-refractivity contribution in [3.8, 4) is 0 Å². The summed E-state index contributed by atoms with van der Waals surface area (Å²) in [6.45, 7) is 7.18. The number of benzene rings is 1. The van der Waals surface area contributed by atoms with Crippen LogP contribution in [0, 0.1) is 11.8 Å².